The molecule has 0 unspecified atom stereocenters. The zero-order valence-electron chi connectivity index (χ0n) is 7.55. The van der Waals surface area contributed by atoms with E-state index in [2.05, 4.69) is 21.2 Å². The first kappa shape index (κ1) is 10.8. The van der Waals surface area contributed by atoms with Crippen LogP contribution in [0, 0.1) is 0 Å². The number of rotatable bonds is 6. The van der Waals surface area contributed by atoms with E-state index in [-0.39, 0.29) is 0 Å². The largest absolute Gasteiger partial charge is 0.467 e. The van der Waals surface area contributed by atoms with Crippen molar-refractivity contribution in [3.63, 3.8) is 0 Å². The highest BCUT2D eigenvalue weighted by Crippen LogP contribution is 2.16. The average Bonchev–Trinajstić information content (AvgIpc) is 2.52. The van der Waals surface area contributed by atoms with Gasteiger partial charge in [0.05, 0.1) is 17.3 Å². The van der Waals surface area contributed by atoms with Crippen molar-refractivity contribution in [2.45, 2.75) is 19.4 Å². The minimum atomic E-state index is 0.770. The Morgan fingerprint density at radius 1 is 1.46 bits per heavy atom. The van der Waals surface area contributed by atoms with Gasteiger partial charge in [-0.15, -0.1) is 0 Å². The third-order valence-electron chi connectivity index (χ3n) is 1.78. The van der Waals surface area contributed by atoms with Crippen LogP contribution in [0.2, 0.25) is 0 Å². The molecular weight excluding hydrogens is 232 g/mol. The Hall–Kier alpha value is -0.320. The average molecular weight is 247 g/mol. The highest BCUT2D eigenvalue weighted by molar-refractivity contribution is 9.10. The van der Waals surface area contributed by atoms with E-state index in [0.717, 1.165) is 42.7 Å². The van der Waals surface area contributed by atoms with Crippen molar-refractivity contribution >= 4 is 15.9 Å². The molecule has 3 N–H and O–H groups in total. The molecule has 0 aliphatic rings. The van der Waals surface area contributed by atoms with Gasteiger partial charge in [0, 0.05) is 0 Å². The summed E-state index contributed by atoms with van der Waals surface area (Å²) in [7, 11) is 0. The molecule has 0 atom stereocenters. The van der Waals surface area contributed by atoms with Gasteiger partial charge >= 0.3 is 0 Å². The molecule has 0 saturated heterocycles. The second-order valence-corrected chi connectivity index (χ2v) is 3.72. The molecule has 1 heterocycles. The maximum absolute atomic E-state index is 5.38. The molecule has 0 spiro atoms. The monoisotopic (exact) mass is 246 g/mol. The SMILES string of the molecule is NCCCCNCc1occc1Br. The van der Waals surface area contributed by atoms with Crippen molar-refractivity contribution in [3.05, 3.63) is 22.6 Å². The van der Waals surface area contributed by atoms with Crippen LogP contribution in [0.5, 0.6) is 0 Å². The number of unbranched alkanes of at least 4 members (excludes halogenated alkanes) is 1. The lowest BCUT2D eigenvalue weighted by Gasteiger charge is -2.01. The summed E-state index contributed by atoms with van der Waals surface area (Å²) in [6.07, 6.45) is 3.88. The Labute approximate surface area is 86.8 Å². The Bertz CT molecular complexity index is 237. The summed E-state index contributed by atoms with van der Waals surface area (Å²) < 4.78 is 6.26. The van der Waals surface area contributed by atoms with Gasteiger partial charge in [0.2, 0.25) is 0 Å². The second kappa shape index (κ2) is 6.18. The van der Waals surface area contributed by atoms with E-state index in [1.54, 1.807) is 6.26 Å². The van der Waals surface area contributed by atoms with Crippen LogP contribution >= 0.6 is 15.9 Å². The highest BCUT2D eigenvalue weighted by atomic mass is 79.9. The van der Waals surface area contributed by atoms with E-state index in [1.807, 2.05) is 6.07 Å². The predicted octanol–water partition coefficient (Wildman–Crippen LogP) is 1.87. The summed E-state index contributed by atoms with van der Waals surface area (Å²) >= 11 is 3.40. The van der Waals surface area contributed by atoms with Crippen LogP contribution in [0.3, 0.4) is 0 Å². The molecule has 1 aromatic rings. The van der Waals surface area contributed by atoms with Crippen molar-refractivity contribution in [2.24, 2.45) is 5.73 Å². The fourth-order valence-corrected chi connectivity index (χ4v) is 1.39. The predicted molar refractivity (Wildman–Crippen MR) is 56.4 cm³/mol. The lowest BCUT2D eigenvalue weighted by atomic mass is 10.3. The number of halogens is 1. The van der Waals surface area contributed by atoms with Crippen LogP contribution in [-0.2, 0) is 6.54 Å². The summed E-state index contributed by atoms with van der Waals surface area (Å²) in [6, 6.07) is 1.90. The molecule has 0 amide bonds. The maximum atomic E-state index is 5.38. The van der Waals surface area contributed by atoms with E-state index >= 15 is 0 Å². The summed E-state index contributed by atoms with van der Waals surface area (Å²) in [6.45, 7) is 2.54. The first-order valence-electron chi connectivity index (χ1n) is 4.47. The molecule has 0 aromatic carbocycles. The van der Waals surface area contributed by atoms with Crippen molar-refractivity contribution in [2.75, 3.05) is 13.1 Å². The molecule has 4 heteroatoms. The van der Waals surface area contributed by atoms with Crippen molar-refractivity contribution in [1.82, 2.24) is 5.32 Å². The summed E-state index contributed by atoms with van der Waals surface area (Å²) in [5, 5.41) is 3.28. The minimum absolute atomic E-state index is 0.770. The first-order chi connectivity index (χ1) is 6.34. The number of nitrogens with one attached hydrogen (secondary N) is 1. The van der Waals surface area contributed by atoms with Gasteiger partial charge in [-0.3, -0.25) is 0 Å². The molecule has 1 rings (SSSR count). The van der Waals surface area contributed by atoms with Crippen LogP contribution in [0.1, 0.15) is 18.6 Å². The lowest BCUT2D eigenvalue weighted by Crippen LogP contribution is -2.15. The van der Waals surface area contributed by atoms with Gasteiger partial charge in [-0.25, -0.2) is 0 Å². The quantitative estimate of drug-likeness (QED) is 0.754. The molecule has 74 valence electrons. The van der Waals surface area contributed by atoms with Crippen LogP contribution in [0.15, 0.2) is 21.2 Å². The molecule has 0 aliphatic carbocycles. The van der Waals surface area contributed by atoms with Crippen molar-refractivity contribution < 1.29 is 4.42 Å². The van der Waals surface area contributed by atoms with Gasteiger partial charge in [0.15, 0.2) is 0 Å². The number of furan rings is 1. The summed E-state index contributed by atoms with van der Waals surface area (Å²) in [5.41, 5.74) is 5.38. The first-order valence-corrected chi connectivity index (χ1v) is 5.26. The smallest absolute Gasteiger partial charge is 0.131 e. The zero-order valence-corrected chi connectivity index (χ0v) is 9.14. The molecule has 0 saturated carbocycles. The fourth-order valence-electron chi connectivity index (χ4n) is 1.05. The van der Waals surface area contributed by atoms with Gasteiger partial charge in [0.1, 0.15) is 5.76 Å². The summed E-state index contributed by atoms with van der Waals surface area (Å²) in [4.78, 5) is 0. The molecule has 0 radical (unpaired) electrons. The Kier molecular flexibility index (Phi) is 5.12. The van der Waals surface area contributed by atoms with E-state index in [9.17, 15) is 0 Å². The normalized spacial score (nSPS) is 10.6. The standard InChI is InChI=1S/C9H15BrN2O/c10-8-3-6-13-9(8)7-12-5-2-1-4-11/h3,6,12H,1-2,4-5,7,11H2. The van der Waals surface area contributed by atoms with Crippen molar-refractivity contribution in [1.29, 1.82) is 0 Å². The molecule has 0 fully saturated rings. The highest BCUT2D eigenvalue weighted by Gasteiger charge is 2.01. The fraction of sp³-hybridized carbons (Fsp3) is 0.556. The van der Waals surface area contributed by atoms with E-state index in [1.165, 1.54) is 0 Å². The van der Waals surface area contributed by atoms with Gasteiger partial charge in [-0.2, -0.15) is 0 Å². The minimum Gasteiger partial charge on any atom is -0.467 e. The molecule has 0 aliphatic heterocycles. The topological polar surface area (TPSA) is 51.2 Å². The number of nitrogens with two attached hydrogens (primary N) is 1. The van der Waals surface area contributed by atoms with Crippen LogP contribution < -0.4 is 11.1 Å². The van der Waals surface area contributed by atoms with Gasteiger partial charge < -0.3 is 15.5 Å². The number of hydrogen-bond acceptors (Lipinski definition) is 3. The van der Waals surface area contributed by atoms with Crippen molar-refractivity contribution in [3.8, 4) is 0 Å². The molecule has 0 bridgehead atoms. The van der Waals surface area contributed by atoms with Crippen LogP contribution in [0.25, 0.3) is 0 Å². The lowest BCUT2D eigenvalue weighted by molar-refractivity contribution is 0.477. The van der Waals surface area contributed by atoms with E-state index in [4.69, 9.17) is 10.2 Å². The molecular formula is C9H15BrN2O. The summed E-state index contributed by atoms with van der Waals surface area (Å²) in [5.74, 6) is 0.952. The van der Waals surface area contributed by atoms with Gasteiger partial charge in [-0.1, -0.05) is 0 Å². The van der Waals surface area contributed by atoms with Crippen LogP contribution in [-0.4, -0.2) is 13.1 Å². The van der Waals surface area contributed by atoms with E-state index in [0.29, 0.717) is 0 Å². The zero-order chi connectivity index (χ0) is 9.52. The maximum Gasteiger partial charge on any atom is 0.131 e. The Balaban J connectivity index is 2.10. The number of hydrogen-bond donors (Lipinski definition) is 2. The van der Waals surface area contributed by atoms with Crippen LogP contribution in [0.4, 0.5) is 0 Å². The third kappa shape index (κ3) is 3.93. The molecule has 13 heavy (non-hydrogen) atoms. The molecule has 1 aromatic heterocycles. The Morgan fingerprint density at radius 2 is 2.31 bits per heavy atom. The Morgan fingerprint density at radius 3 is 2.92 bits per heavy atom. The van der Waals surface area contributed by atoms with Gasteiger partial charge in [-0.05, 0) is 47.9 Å². The third-order valence-corrected chi connectivity index (χ3v) is 2.49. The van der Waals surface area contributed by atoms with Gasteiger partial charge in [0.25, 0.3) is 0 Å². The second-order valence-electron chi connectivity index (χ2n) is 2.86. The van der Waals surface area contributed by atoms with E-state index < -0.39 is 0 Å². The molecule has 3 nitrogen and oxygen atoms in total.